The Morgan fingerprint density at radius 2 is 2.00 bits per heavy atom. The van der Waals surface area contributed by atoms with Gasteiger partial charge >= 0.3 is 0 Å². The van der Waals surface area contributed by atoms with Gasteiger partial charge in [0.2, 0.25) is 0 Å². The number of ether oxygens (including phenoxy) is 1. The first kappa shape index (κ1) is 14.3. The molecule has 0 fully saturated rings. The van der Waals surface area contributed by atoms with Crippen LogP contribution < -0.4 is 4.74 Å². The lowest BCUT2D eigenvalue weighted by Crippen LogP contribution is -1.99. The van der Waals surface area contributed by atoms with Crippen LogP contribution in [0.4, 0.5) is 0 Å². The lowest BCUT2D eigenvalue weighted by molar-refractivity contribution is 0.413. The maximum Gasteiger partial charge on any atom is 0.136 e. The van der Waals surface area contributed by atoms with Crippen LogP contribution in [0.3, 0.4) is 0 Å². The maximum atomic E-state index is 12.4. The van der Waals surface area contributed by atoms with E-state index in [1.54, 1.807) is 12.1 Å². The highest BCUT2D eigenvalue weighted by atomic mass is 32.2. The van der Waals surface area contributed by atoms with Crippen molar-refractivity contribution in [1.82, 2.24) is 0 Å². The highest BCUT2D eigenvalue weighted by Crippen LogP contribution is 2.22. The molecule has 0 aliphatic heterocycles. The number of benzene rings is 2. The molecule has 4 heteroatoms. The first-order valence-corrected chi connectivity index (χ1v) is 7.48. The molecule has 0 heterocycles. The molecule has 3 nitrogen and oxygen atoms in total. The van der Waals surface area contributed by atoms with Crippen molar-refractivity contribution in [2.45, 2.75) is 17.6 Å². The van der Waals surface area contributed by atoms with E-state index in [-0.39, 0.29) is 0 Å². The lowest BCUT2D eigenvalue weighted by Gasteiger charge is -2.08. The summed E-state index contributed by atoms with van der Waals surface area (Å²) < 4.78 is 17.6. The summed E-state index contributed by atoms with van der Waals surface area (Å²) in [7, 11) is 0.423. The molecule has 0 spiro atoms. The van der Waals surface area contributed by atoms with Crippen molar-refractivity contribution in [3.05, 3.63) is 59.2 Å². The van der Waals surface area contributed by atoms with Crippen molar-refractivity contribution >= 4 is 10.8 Å². The zero-order valence-electron chi connectivity index (χ0n) is 11.4. The van der Waals surface area contributed by atoms with E-state index < -0.39 is 10.8 Å². The molecule has 1 atom stereocenters. The molecule has 0 aromatic heterocycles. The zero-order valence-corrected chi connectivity index (χ0v) is 12.2. The third kappa shape index (κ3) is 3.06. The molecule has 1 unspecified atom stereocenters. The van der Waals surface area contributed by atoms with Gasteiger partial charge in [0.05, 0.1) is 29.2 Å². The predicted molar refractivity (Wildman–Crippen MR) is 79.0 cm³/mol. The van der Waals surface area contributed by atoms with E-state index in [1.807, 2.05) is 37.3 Å². The Hall–Kier alpha value is -2.12. The highest BCUT2D eigenvalue weighted by Gasteiger charge is 2.10. The minimum absolute atomic E-state index is 0.410. The molecule has 20 heavy (non-hydrogen) atoms. The molecule has 2 aromatic carbocycles. The lowest BCUT2D eigenvalue weighted by atomic mass is 10.1. The van der Waals surface area contributed by atoms with Gasteiger partial charge in [-0.15, -0.1) is 0 Å². The van der Waals surface area contributed by atoms with E-state index in [1.165, 1.54) is 7.11 Å². The van der Waals surface area contributed by atoms with Gasteiger partial charge in [0.15, 0.2) is 0 Å². The standard InChI is InChI=1S/C16H15NO2S/c1-12-5-3-4-6-16(12)20(18)11-13-7-8-14(10-17)15(9-13)19-2/h3-9H,11H2,1-2H3. The minimum Gasteiger partial charge on any atom is -0.495 e. The Bertz CT molecular complexity index is 689. The summed E-state index contributed by atoms with van der Waals surface area (Å²) in [5.41, 5.74) is 2.40. The van der Waals surface area contributed by atoms with Crippen LogP contribution in [0.1, 0.15) is 16.7 Å². The topological polar surface area (TPSA) is 50.1 Å². The van der Waals surface area contributed by atoms with Gasteiger partial charge in [-0.05, 0) is 36.2 Å². The third-order valence-electron chi connectivity index (χ3n) is 3.02. The second-order valence-electron chi connectivity index (χ2n) is 4.40. The number of methoxy groups -OCH3 is 1. The number of rotatable bonds is 4. The summed E-state index contributed by atoms with van der Waals surface area (Å²) in [6.07, 6.45) is 0. The van der Waals surface area contributed by atoms with Crippen LogP contribution in [0, 0.1) is 18.3 Å². The molecule has 0 N–H and O–H groups in total. The smallest absolute Gasteiger partial charge is 0.136 e. The largest absolute Gasteiger partial charge is 0.495 e. The average molecular weight is 285 g/mol. The van der Waals surface area contributed by atoms with Gasteiger partial charge in [0.1, 0.15) is 11.8 Å². The van der Waals surface area contributed by atoms with Gasteiger partial charge in [-0.3, -0.25) is 4.21 Å². The number of nitrogens with zero attached hydrogens (tertiary/aromatic N) is 1. The Morgan fingerprint density at radius 1 is 1.25 bits per heavy atom. The maximum absolute atomic E-state index is 12.4. The molecular weight excluding hydrogens is 270 g/mol. The number of nitriles is 1. The van der Waals surface area contributed by atoms with Crippen molar-refractivity contribution in [2.75, 3.05) is 7.11 Å². The van der Waals surface area contributed by atoms with Crippen molar-refractivity contribution in [2.24, 2.45) is 0 Å². The van der Waals surface area contributed by atoms with E-state index in [0.717, 1.165) is 16.0 Å². The van der Waals surface area contributed by atoms with E-state index in [0.29, 0.717) is 17.1 Å². The van der Waals surface area contributed by atoms with Crippen LogP contribution in [0.2, 0.25) is 0 Å². The molecule has 0 aliphatic carbocycles. The summed E-state index contributed by atoms with van der Waals surface area (Å²) in [4.78, 5) is 0.843. The van der Waals surface area contributed by atoms with Crippen LogP contribution in [-0.2, 0) is 16.6 Å². The molecule has 0 radical (unpaired) electrons. The monoisotopic (exact) mass is 285 g/mol. The number of hydrogen-bond acceptors (Lipinski definition) is 3. The molecule has 0 amide bonds. The van der Waals surface area contributed by atoms with Crippen molar-refractivity contribution in [3.63, 3.8) is 0 Å². The molecule has 2 aromatic rings. The van der Waals surface area contributed by atoms with Crippen LogP contribution in [0.25, 0.3) is 0 Å². The summed E-state index contributed by atoms with van der Waals surface area (Å²) >= 11 is 0. The fourth-order valence-corrected chi connectivity index (χ4v) is 3.25. The van der Waals surface area contributed by atoms with Gasteiger partial charge in [-0.2, -0.15) is 5.26 Å². The fraction of sp³-hybridized carbons (Fsp3) is 0.188. The molecule has 0 aliphatic rings. The fourth-order valence-electron chi connectivity index (χ4n) is 1.96. The van der Waals surface area contributed by atoms with Crippen molar-refractivity contribution < 1.29 is 8.95 Å². The molecule has 0 saturated heterocycles. The SMILES string of the molecule is COc1cc(CS(=O)c2ccccc2C)ccc1C#N. The van der Waals surface area contributed by atoms with Crippen molar-refractivity contribution in [1.29, 1.82) is 5.26 Å². The second kappa shape index (κ2) is 6.36. The molecule has 0 saturated carbocycles. The summed E-state index contributed by atoms with van der Waals surface area (Å²) in [6, 6.07) is 15.0. The Balaban J connectivity index is 2.25. The molecule has 2 rings (SSSR count). The second-order valence-corrected chi connectivity index (χ2v) is 5.82. The van der Waals surface area contributed by atoms with E-state index in [2.05, 4.69) is 6.07 Å². The van der Waals surface area contributed by atoms with Gasteiger partial charge in [-0.1, -0.05) is 24.3 Å². The number of hydrogen-bond donors (Lipinski definition) is 0. The predicted octanol–water partition coefficient (Wildman–Crippen LogP) is 3.18. The summed E-state index contributed by atoms with van der Waals surface area (Å²) in [5.74, 6) is 0.930. The van der Waals surface area contributed by atoms with Gasteiger partial charge < -0.3 is 4.74 Å². The molecule has 102 valence electrons. The van der Waals surface area contributed by atoms with Crippen LogP contribution in [0.15, 0.2) is 47.4 Å². The van der Waals surface area contributed by atoms with E-state index in [9.17, 15) is 4.21 Å². The first-order valence-electron chi connectivity index (χ1n) is 6.16. The zero-order chi connectivity index (χ0) is 14.5. The van der Waals surface area contributed by atoms with Crippen molar-refractivity contribution in [3.8, 4) is 11.8 Å². The highest BCUT2D eigenvalue weighted by molar-refractivity contribution is 7.84. The van der Waals surface area contributed by atoms with Gasteiger partial charge in [0.25, 0.3) is 0 Å². The quantitative estimate of drug-likeness (QED) is 0.867. The molecule has 0 bridgehead atoms. The average Bonchev–Trinajstić information content (AvgIpc) is 2.47. The Morgan fingerprint density at radius 3 is 2.65 bits per heavy atom. The summed E-state index contributed by atoms with van der Waals surface area (Å²) in [6.45, 7) is 1.95. The molecular formula is C16H15NO2S. The van der Waals surface area contributed by atoms with Crippen LogP contribution in [0.5, 0.6) is 5.75 Å². The van der Waals surface area contributed by atoms with E-state index in [4.69, 9.17) is 10.00 Å². The van der Waals surface area contributed by atoms with E-state index >= 15 is 0 Å². The van der Waals surface area contributed by atoms with Crippen LogP contribution in [-0.4, -0.2) is 11.3 Å². The van der Waals surface area contributed by atoms with Gasteiger partial charge in [-0.25, -0.2) is 0 Å². The normalized spacial score (nSPS) is 11.7. The Labute approximate surface area is 121 Å². The third-order valence-corrected chi connectivity index (χ3v) is 4.57. The summed E-state index contributed by atoms with van der Waals surface area (Å²) in [5, 5.41) is 8.95. The first-order chi connectivity index (χ1) is 9.65. The van der Waals surface area contributed by atoms with Gasteiger partial charge in [0, 0.05) is 4.90 Å². The Kier molecular flexibility index (Phi) is 4.54. The minimum atomic E-state index is -1.10. The number of aryl methyl sites for hydroxylation is 1. The van der Waals surface area contributed by atoms with Crippen LogP contribution >= 0.6 is 0 Å².